The number of ketones is 1. The molecule has 0 amide bonds. The molecular formula is C15H14Cl2FNO. The number of aromatic nitrogens is 1. The number of halogens is 3. The molecule has 0 radical (unpaired) electrons. The summed E-state index contributed by atoms with van der Waals surface area (Å²) in [4.78, 5) is 12.0. The van der Waals surface area contributed by atoms with Gasteiger partial charge in [0.2, 0.25) is 0 Å². The van der Waals surface area contributed by atoms with Gasteiger partial charge in [-0.1, -0.05) is 11.6 Å². The van der Waals surface area contributed by atoms with Gasteiger partial charge in [-0.2, -0.15) is 0 Å². The first-order chi connectivity index (χ1) is 9.32. The summed E-state index contributed by atoms with van der Waals surface area (Å²) in [6, 6.07) is 6.05. The number of aryl methyl sites for hydroxylation is 1. The Kier molecular flexibility index (Phi) is 4.21. The normalized spacial score (nSPS) is 12.5. The van der Waals surface area contributed by atoms with Crippen LogP contribution in [0.2, 0.25) is 5.02 Å². The summed E-state index contributed by atoms with van der Waals surface area (Å²) in [5.74, 6) is -0.567. The van der Waals surface area contributed by atoms with Crippen molar-refractivity contribution < 1.29 is 9.18 Å². The summed E-state index contributed by atoms with van der Waals surface area (Å²) in [5, 5.41) is -0.180. The summed E-state index contributed by atoms with van der Waals surface area (Å²) < 4.78 is 15.7. The minimum absolute atomic E-state index is 0.173. The molecule has 106 valence electrons. The van der Waals surface area contributed by atoms with Crippen molar-refractivity contribution in [1.29, 1.82) is 0 Å². The quantitative estimate of drug-likeness (QED) is 0.595. The molecule has 0 bridgehead atoms. The van der Waals surface area contributed by atoms with E-state index < -0.39 is 11.2 Å². The van der Waals surface area contributed by atoms with E-state index in [2.05, 4.69) is 0 Å². The van der Waals surface area contributed by atoms with Gasteiger partial charge in [-0.15, -0.1) is 11.6 Å². The van der Waals surface area contributed by atoms with Crippen molar-refractivity contribution in [3.63, 3.8) is 0 Å². The molecule has 1 aromatic carbocycles. The molecule has 0 aliphatic heterocycles. The molecular weight excluding hydrogens is 300 g/mol. The zero-order valence-corrected chi connectivity index (χ0v) is 12.9. The Morgan fingerprint density at radius 2 is 1.95 bits per heavy atom. The molecule has 1 atom stereocenters. The van der Waals surface area contributed by atoms with Crippen LogP contribution in [0.1, 0.15) is 28.7 Å². The topological polar surface area (TPSA) is 22.0 Å². The second kappa shape index (κ2) is 5.58. The van der Waals surface area contributed by atoms with Gasteiger partial charge in [-0.05, 0) is 45.0 Å². The van der Waals surface area contributed by atoms with Crippen molar-refractivity contribution in [3.8, 4) is 5.69 Å². The van der Waals surface area contributed by atoms with Gasteiger partial charge in [0, 0.05) is 22.0 Å². The molecule has 0 saturated carbocycles. The standard InChI is InChI=1S/C15H14Cl2FNO/c1-8-6-12(15(20)9(2)16)10(3)19(8)14-7-11(17)4-5-13(14)18/h4-7,9H,1-3H3. The van der Waals surface area contributed by atoms with E-state index in [1.807, 2.05) is 6.92 Å². The average molecular weight is 314 g/mol. The highest BCUT2D eigenvalue weighted by Gasteiger charge is 2.21. The van der Waals surface area contributed by atoms with E-state index in [1.165, 1.54) is 18.2 Å². The Balaban J connectivity index is 2.64. The van der Waals surface area contributed by atoms with Crippen molar-refractivity contribution in [2.24, 2.45) is 0 Å². The maximum atomic E-state index is 14.0. The highest BCUT2D eigenvalue weighted by atomic mass is 35.5. The van der Waals surface area contributed by atoms with Crippen LogP contribution in [0.15, 0.2) is 24.3 Å². The molecule has 0 aliphatic carbocycles. The summed E-state index contributed by atoms with van der Waals surface area (Å²) in [5.41, 5.74) is 2.24. The predicted molar refractivity (Wildman–Crippen MR) is 79.9 cm³/mol. The number of benzene rings is 1. The van der Waals surface area contributed by atoms with Crippen LogP contribution in [-0.2, 0) is 0 Å². The fourth-order valence-corrected chi connectivity index (χ4v) is 2.54. The number of Topliss-reactive ketones (excluding diaryl/α,β-unsaturated/α-hetero) is 1. The monoisotopic (exact) mass is 313 g/mol. The number of nitrogens with zero attached hydrogens (tertiary/aromatic N) is 1. The molecule has 0 fully saturated rings. The van der Waals surface area contributed by atoms with Gasteiger partial charge in [0.05, 0.1) is 11.1 Å². The van der Waals surface area contributed by atoms with E-state index in [4.69, 9.17) is 23.2 Å². The second-order valence-corrected chi connectivity index (χ2v) is 5.79. The minimum Gasteiger partial charge on any atom is -0.315 e. The van der Waals surface area contributed by atoms with Gasteiger partial charge < -0.3 is 4.57 Å². The smallest absolute Gasteiger partial charge is 0.182 e. The lowest BCUT2D eigenvalue weighted by atomic mass is 10.1. The molecule has 1 heterocycles. The summed E-state index contributed by atoms with van der Waals surface area (Å²) in [7, 11) is 0. The maximum absolute atomic E-state index is 14.0. The van der Waals surface area contributed by atoms with Crippen LogP contribution in [0.5, 0.6) is 0 Å². The lowest BCUT2D eigenvalue weighted by Gasteiger charge is -2.11. The lowest BCUT2D eigenvalue weighted by molar-refractivity contribution is 0.0991. The molecule has 2 rings (SSSR count). The van der Waals surface area contributed by atoms with Crippen LogP contribution in [0.3, 0.4) is 0 Å². The largest absolute Gasteiger partial charge is 0.315 e. The van der Waals surface area contributed by atoms with Gasteiger partial charge in [0.15, 0.2) is 5.78 Å². The van der Waals surface area contributed by atoms with Crippen LogP contribution in [-0.4, -0.2) is 15.7 Å². The molecule has 0 N–H and O–H groups in total. The van der Waals surface area contributed by atoms with Gasteiger partial charge in [-0.25, -0.2) is 4.39 Å². The average Bonchev–Trinajstić information content (AvgIpc) is 2.67. The Labute approximate surface area is 127 Å². The molecule has 2 aromatic rings. The lowest BCUT2D eigenvalue weighted by Crippen LogP contribution is -2.12. The molecule has 20 heavy (non-hydrogen) atoms. The molecule has 5 heteroatoms. The van der Waals surface area contributed by atoms with Crippen LogP contribution < -0.4 is 0 Å². The number of carbonyl (C=O) groups is 1. The maximum Gasteiger partial charge on any atom is 0.182 e. The number of alkyl halides is 1. The van der Waals surface area contributed by atoms with E-state index in [0.717, 1.165) is 5.69 Å². The number of rotatable bonds is 3. The molecule has 2 nitrogen and oxygen atoms in total. The predicted octanol–water partition coefficient (Wildman–Crippen LogP) is 4.70. The van der Waals surface area contributed by atoms with E-state index in [1.54, 1.807) is 24.5 Å². The molecule has 0 saturated heterocycles. The van der Waals surface area contributed by atoms with Crippen molar-refractivity contribution in [2.75, 3.05) is 0 Å². The second-order valence-electron chi connectivity index (χ2n) is 4.70. The SMILES string of the molecule is Cc1cc(C(=O)C(C)Cl)c(C)n1-c1cc(Cl)ccc1F. The summed E-state index contributed by atoms with van der Waals surface area (Å²) in [6.07, 6.45) is 0. The van der Waals surface area contributed by atoms with Crippen molar-refractivity contribution in [3.05, 3.63) is 52.1 Å². The molecule has 0 aliphatic rings. The highest BCUT2D eigenvalue weighted by molar-refractivity contribution is 6.33. The fourth-order valence-electron chi connectivity index (χ4n) is 2.25. The van der Waals surface area contributed by atoms with Gasteiger partial charge in [-0.3, -0.25) is 4.79 Å². The first kappa shape index (κ1) is 15.1. The third-order valence-electron chi connectivity index (χ3n) is 3.21. The molecule has 1 aromatic heterocycles. The van der Waals surface area contributed by atoms with Crippen LogP contribution in [0, 0.1) is 19.7 Å². The zero-order valence-electron chi connectivity index (χ0n) is 11.4. The van der Waals surface area contributed by atoms with Crippen LogP contribution in [0.4, 0.5) is 4.39 Å². The zero-order chi connectivity index (χ0) is 15.0. The number of carbonyl (C=O) groups excluding carboxylic acids is 1. The Morgan fingerprint density at radius 1 is 1.30 bits per heavy atom. The first-order valence-corrected chi connectivity index (χ1v) is 6.97. The van der Waals surface area contributed by atoms with Gasteiger partial charge in [0.1, 0.15) is 5.82 Å². The molecule has 0 spiro atoms. The number of hydrogen-bond donors (Lipinski definition) is 0. The summed E-state index contributed by atoms with van der Waals surface area (Å²) >= 11 is 11.8. The van der Waals surface area contributed by atoms with Crippen LogP contribution in [0.25, 0.3) is 5.69 Å². The third kappa shape index (κ3) is 2.60. The fraction of sp³-hybridized carbons (Fsp3) is 0.267. The number of hydrogen-bond acceptors (Lipinski definition) is 1. The van der Waals surface area contributed by atoms with Gasteiger partial charge >= 0.3 is 0 Å². The Hall–Kier alpha value is -1.32. The van der Waals surface area contributed by atoms with Gasteiger partial charge in [0.25, 0.3) is 0 Å². The third-order valence-corrected chi connectivity index (χ3v) is 3.64. The first-order valence-electron chi connectivity index (χ1n) is 6.15. The van der Waals surface area contributed by atoms with E-state index in [0.29, 0.717) is 22.0 Å². The van der Waals surface area contributed by atoms with Crippen molar-refractivity contribution in [1.82, 2.24) is 4.57 Å². The highest BCUT2D eigenvalue weighted by Crippen LogP contribution is 2.26. The van der Waals surface area contributed by atoms with E-state index in [9.17, 15) is 9.18 Å². The molecule has 1 unspecified atom stereocenters. The van der Waals surface area contributed by atoms with Crippen molar-refractivity contribution >= 4 is 29.0 Å². The van der Waals surface area contributed by atoms with Crippen LogP contribution >= 0.6 is 23.2 Å². The summed E-state index contributed by atoms with van der Waals surface area (Å²) in [6.45, 7) is 5.19. The Morgan fingerprint density at radius 3 is 2.55 bits per heavy atom. The van der Waals surface area contributed by atoms with Crippen molar-refractivity contribution in [2.45, 2.75) is 26.1 Å². The van der Waals surface area contributed by atoms with E-state index >= 15 is 0 Å². The van der Waals surface area contributed by atoms with E-state index in [-0.39, 0.29) is 5.78 Å². The Bertz CT molecular complexity index is 677. The minimum atomic E-state index is -0.617.